The van der Waals surface area contributed by atoms with Gasteiger partial charge in [-0.1, -0.05) is 140 Å². The summed E-state index contributed by atoms with van der Waals surface area (Å²) in [5.41, 5.74) is 14.3. The van der Waals surface area contributed by atoms with Crippen molar-refractivity contribution in [3.05, 3.63) is 224 Å². The van der Waals surface area contributed by atoms with Crippen LogP contribution in [-0.2, 0) is 0 Å². The molecule has 290 valence electrons. The molecule has 0 radical (unpaired) electrons. The molecule has 3 heterocycles. The summed E-state index contributed by atoms with van der Waals surface area (Å²) in [4.78, 5) is 2.42. The number of hydrogen-bond donors (Lipinski definition) is 0. The second kappa shape index (κ2) is 13.6. The van der Waals surface area contributed by atoms with Crippen LogP contribution in [0.2, 0.25) is 0 Å². The van der Waals surface area contributed by atoms with Crippen molar-refractivity contribution in [2.45, 2.75) is 0 Å². The fourth-order valence-electron chi connectivity index (χ4n) is 10.0. The number of rotatable bonds is 6. The van der Waals surface area contributed by atoms with Crippen LogP contribution >= 0.6 is 0 Å². The lowest BCUT2D eigenvalue weighted by atomic mass is 10.0. The molecule has 62 heavy (non-hydrogen) atoms. The third-order valence-corrected chi connectivity index (χ3v) is 12.7. The van der Waals surface area contributed by atoms with Crippen molar-refractivity contribution in [1.29, 1.82) is 0 Å². The van der Waals surface area contributed by atoms with Gasteiger partial charge in [0.15, 0.2) is 0 Å². The van der Waals surface area contributed by atoms with Gasteiger partial charge in [-0.3, -0.25) is 0 Å². The van der Waals surface area contributed by atoms with E-state index in [1.54, 1.807) is 0 Å². The highest BCUT2D eigenvalue weighted by Crippen LogP contribution is 2.48. The molecule has 0 fully saturated rings. The molecule has 0 amide bonds. The molecular weight excluding hydrogens is 755 g/mol. The van der Waals surface area contributed by atoms with Crippen molar-refractivity contribution in [3.63, 3.8) is 0 Å². The average Bonchev–Trinajstić information content (AvgIpc) is 4.01. The van der Waals surface area contributed by atoms with Gasteiger partial charge in [0, 0.05) is 44.0 Å². The SMILES string of the molecule is c1ccc(-n2c3ccccc3c3c(N(c4ccc(-c5ccc(-n6c7ccccc7c7c8ccccc8ccc76)cc5)cc4)c4cccc5oc6ccccc6c45)cccc32)cc1. The molecule has 0 aliphatic heterocycles. The Morgan fingerprint density at radius 2 is 0.823 bits per heavy atom. The van der Waals surface area contributed by atoms with Crippen LogP contribution in [0, 0.1) is 0 Å². The van der Waals surface area contributed by atoms with Crippen LogP contribution in [-0.4, -0.2) is 9.13 Å². The third kappa shape index (κ3) is 5.14. The zero-order valence-corrected chi connectivity index (χ0v) is 33.6. The Kier molecular flexibility index (Phi) is 7.57. The Labute approximate surface area is 357 Å². The number of benzene rings is 10. The number of para-hydroxylation sites is 4. The van der Waals surface area contributed by atoms with Gasteiger partial charge in [0.1, 0.15) is 11.2 Å². The highest BCUT2D eigenvalue weighted by Gasteiger charge is 2.24. The monoisotopic (exact) mass is 791 g/mol. The number of anilines is 3. The Hall–Kier alpha value is -8.34. The smallest absolute Gasteiger partial charge is 0.137 e. The summed E-state index contributed by atoms with van der Waals surface area (Å²) in [6.45, 7) is 0. The minimum atomic E-state index is 0.862. The summed E-state index contributed by atoms with van der Waals surface area (Å²) < 4.78 is 11.3. The molecule has 0 aliphatic rings. The summed E-state index contributed by atoms with van der Waals surface area (Å²) in [5.74, 6) is 0. The zero-order valence-electron chi connectivity index (χ0n) is 33.6. The van der Waals surface area contributed by atoms with Crippen molar-refractivity contribution >= 4 is 93.4 Å². The van der Waals surface area contributed by atoms with Crippen molar-refractivity contribution in [2.24, 2.45) is 0 Å². The molecule has 13 aromatic rings. The van der Waals surface area contributed by atoms with Crippen molar-refractivity contribution < 1.29 is 4.42 Å². The van der Waals surface area contributed by atoms with Crippen molar-refractivity contribution in [1.82, 2.24) is 9.13 Å². The van der Waals surface area contributed by atoms with E-state index < -0.39 is 0 Å². The lowest BCUT2D eigenvalue weighted by Gasteiger charge is -2.27. The Morgan fingerprint density at radius 1 is 0.306 bits per heavy atom. The molecule has 0 unspecified atom stereocenters. The first-order valence-electron chi connectivity index (χ1n) is 21.2. The Balaban J connectivity index is 0.970. The molecular formula is C58H37N3O. The molecule has 4 heteroatoms. The highest BCUT2D eigenvalue weighted by molar-refractivity contribution is 6.22. The van der Waals surface area contributed by atoms with Gasteiger partial charge in [0.2, 0.25) is 0 Å². The molecule has 0 atom stereocenters. The van der Waals surface area contributed by atoms with E-state index in [4.69, 9.17) is 4.42 Å². The molecule has 0 saturated carbocycles. The third-order valence-electron chi connectivity index (χ3n) is 12.7. The van der Waals surface area contributed by atoms with Gasteiger partial charge < -0.3 is 18.5 Å². The van der Waals surface area contributed by atoms with E-state index in [1.165, 1.54) is 48.9 Å². The minimum Gasteiger partial charge on any atom is -0.456 e. The second-order valence-electron chi connectivity index (χ2n) is 16.1. The number of furan rings is 1. The van der Waals surface area contributed by atoms with Crippen LogP contribution in [0.1, 0.15) is 0 Å². The summed E-state index contributed by atoms with van der Waals surface area (Å²) in [5, 5.41) is 9.66. The lowest BCUT2D eigenvalue weighted by molar-refractivity contribution is 0.669. The number of aromatic nitrogens is 2. The van der Waals surface area contributed by atoms with Crippen LogP contribution in [0.5, 0.6) is 0 Å². The Morgan fingerprint density at radius 3 is 1.56 bits per heavy atom. The fourth-order valence-corrected chi connectivity index (χ4v) is 10.0. The molecule has 10 aromatic carbocycles. The van der Waals surface area contributed by atoms with Gasteiger partial charge in [0.05, 0.1) is 38.8 Å². The van der Waals surface area contributed by atoms with Gasteiger partial charge in [-0.05, 0) is 107 Å². The predicted octanol–water partition coefficient (Wildman–Crippen LogP) is 16.1. The molecule has 3 aromatic heterocycles. The largest absolute Gasteiger partial charge is 0.456 e. The van der Waals surface area contributed by atoms with Gasteiger partial charge in [0.25, 0.3) is 0 Å². The van der Waals surface area contributed by atoms with Gasteiger partial charge >= 0.3 is 0 Å². The summed E-state index contributed by atoms with van der Waals surface area (Å²) in [6, 6.07) is 80.9. The maximum absolute atomic E-state index is 6.48. The first-order chi connectivity index (χ1) is 30.8. The standard InChI is InChI=1S/C58H37N3O/c1-2-15-41(16-3-1)59-49-22-10-7-19-46(49)57-50(59)23-12-24-51(57)61(52-25-13-27-55-58(52)47-20-8-11-26-54(47)62-55)43-35-30-39(31-36-43)38-28-33-42(34-29-38)60-48-21-9-6-18-45(48)56-44-17-5-4-14-40(44)32-37-53(56)60/h1-37H. The molecule has 0 bridgehead atoms. The normalized spacial score (nSPS) is 11.9. The second-order valence-corrected chi connectivity index (χ2v) is 16.1. The van der Waals surface area contributed by atoms with Crippen LogP contribution in [0.4, 0.5) is 17.1 Å². The fraction of sp³-hybridized carbons (Fsp3) is 0. The summed E-state index contributed by atoms with van der Waals surface area (Å²) >= 11 is 0. The van der Waals surface area contributed by atoms with Crippen molar-refractivity contribution in [3.8, 4) is 22.5 Å². The Bertz CT molecular complexity index is 3850. The molecule has 4 nitrogen and oxygen atoms in total. The molecule has 13 rings (SSSR count). The average molecular weight is 792 g/mol. The minimum absolute atomic E-state index is 0.862. The quantitative estimate of drug-likeness (QED) is 0.168. The van der Waals surface area contributed by atoms with E-state index in [0.29, 0.717) is 0 Å². The first kappa shape index (κ1) is 34.5. The lowest BCUT2D eigenvalue weighted by Crippen LogP contribution is -2.11. The van der Waals surface area contributed by atoms with Crippen LogP contribution in [0.15, 0.2) is 229 Å². The van der Waals surface area contributed by atoms with Gasteiger partial charge in [-0.25, -0.2) is 0 Å². The molecule has 0 spiro atoms. The van der Waals surface area contributed by atoms with Crippen LogP contribution in [0.3, 0.4) is 0 Å². The van der Waals surface area contributed by atoms with E-state index >= 15 is 0 Å². The van der Waals surface area contributed by atoms with Gasteiger partial charge in [-0.2, -0.15) is 0 Å². The van der Waals surface area contributed by atoms with Crippen molar-refractivity contribution in [2.75, 3.05) is 4.90 Å². The van der Waals surface area contributed by atoms with E-state index in [1.807, 2.05) is 6.07 Å². The molecule has 0 aliphatic carbocycles. The van der Waals surface area contributed by atoms with E-state index in [2.05, 4.69) is 232 Å². The zero-order chi connectivity index (χ0) is 40.7. The van der Waals surface area contributed by atoms with E-state index in [-0.39, 0.29) is 0 Å². The van der Waals surface area contributed by atoms with E-state index in [0.717, 1.165) is 67.0 Å². The first-order valence-corrected chi connectivity index (χ1v) is 21.2. The van der Waals surface area contributed by atoms with Crippen LogP contribution < -0.4 is 4.90 Å². The number of fused-ring (bicyclic) bond motifs is 11. The molecule has 0 N–H and O–H groups in total. The maximum atomic E-state index is 6.48. The summed E-state index contributed by atoms with van der Waals surface area (Å²) in [7, 11) is 0. The molecule has 0 saturated heterocycles. The number of nitrogens with zero attached hydrogens (tertiary/aromatic N) is 3. The van der Waals surface area contributed by atoms with Crippen LogP contribution in [0.25, 0.3) is 98.8 Å². The van der Waals surface area contributed by atoms with E-state index in [9.17, 15) is 0 Å². The maximum Gasteiger partial charge on any atom is 0.137 e. The topological polar surface area (TPSA) is 26.2 Å². The van der Waals surface area contributed by atoms with Gasteiger partial charge in [-0.15, -0.1) is 0 Å². The number of hydrogen-bond acceptors (Lipinski definition) is 2. The highest BCUT2D eigenvalue weighted by atomic mass is 16.3. The summed E-state index contributed by atoms with van der Waals surface area (Å²) in [6.07, 6.45) is 0. The predicted molar refractivity (Wildman–Crippen MR) is 260 cm³/mol.